The number of rotatable bonds is 6. The highest BCUT2D eigenvalue weighted by atomic mass is 32.2. The Balaban J connectivity index is 1.70. The van der Waals surface area contributed by atoms with E-state index in [1.807, 2.05) is 0 Å². The number of hydrogen-bond donors (Lipinski definition) is 3. The number of thioether (sulfide) groups is 1. The first-order valence-corrected chi connectivity index (χ1v) is 11.4. The van der Waals surface area contributed by atoms with Gasteiger partial charge < -0.3 is 16.8 Å². The Bertz CT molecular complexity index is 942. The van der Waals surface area contributed by atoms with Crippen LogP contribution < -0.4 is 16.8 Å². The first kappa shape index (κ1) is 21.4. The van der Waals surface area contributed by atoms with Gasteiger partial charge in [-0.25, -0.2) is 9.97 Å². The van der Waals surface area contributed by atoms with Crippen LogP contribution in [0.1, 0.15) is 49.6 Å². The van der Waals surface area contributed by atoms with Crippen LogP contribution in [-0.2, 0) is 17.6 Å². The van der Waals surface area contributed by atoms with Gasteiger partial charge in [0.25, 0.3) is 0 Å². The summed E-state index contributed by atoms with van der Waals surface area (Å²) < 4.78 is 0. The van der Waals surface area contributed by atoms with Crippen molar-refractivity contribution in [2.45, 2.75) is 51.6 Å². The van der Waals surface area contributed by atoms with Gasteiger partial charge in [-0.1, -0.05) is 39.0 Å². The number of carbonyl (C=O) groups excluding carboxylic acids is 1. The highest BCUT2D eigenvalue weighted by Gasteiger charge is 2.34. The van der Waals surface area contributed by atoms with E-state index in [0.29, 0.717) is 21.6 Å². The fraction of sp³-hybridized carbons (Fsp3) is 0.500. The largest absolute Gasteiger partial charge is 0.383 e. The predicted octanol–water partition coefficient (Wildman–Crippen LogP) is 3.85. The lowest BCUT2D eigenvalue weighted by Gasteiger charge is -2.36. The summed E-state index contributed by atoms with van der Waals surface area (Å²) in [5.74, 6) is 1.03. The molecule has 2 aromatic heterocycles. The van der Waals surface area contributed by atoms with Gasteiger partial charge in [-0.3, -0.25) is 4.79 Å². The zero-order chi connectivity index (χ0) is 21.2. The van der Waals surface area contributed by atoms with E-state index < -0.39 is 0 Å². The molecule has 0 saturated carbocycles. The van der Waals surface area contributed by atoms with Crippen molar-refractivity contribution in [2.24, 2.45) is 11.3 Å². The monoisotopic (exact) mass is 430 g/mol. The number of nitrogen functional groups attached to an aromatic ring is 2. The van der Waals surface area contributed by atoms with Crippen molar-refractivity contribution in [1.29, 1.82) is 5.26 Å². The van der Waals surface area contributed by atoms with Gasteiger partial charge in [-0.15, -0.1) is 11.3 Å². The van der Waals surface area contributed by atoms with Gasteiger partial charge >= 0.3 is 0 Å². The first-order chi connectivity index (χ1) is 13.7. The van der Waals surface area contributed by atoms with E-state index in [1.54, 1.807) is 0 Å². The fourth-order valence-corrected chi connectivity index (χ4v) is 5.53. The summed E-state index contributed by atoms with van der Waals surface area (Å²) >= 11 is 2.70. The minimum Gasteiger partial charge on any atom is -0.383 e. The Morgan fingerprint density at radius 2 is 2.10 bits per heavy atom. The van der Waals surface area contributed by atoms with E-state index in [2.05, 4.69) is 42.1 Å². The quantitative estimate of drug-likeness (QED) is 0.468. The van der Waals surface area contributed by atoms with Gasteiger partial charge in [-0.2, -0.15) is 5.26 Å². The summed E-state index contributed by atoms with van der Waals surface area (Å²) in [5.41, 5.74) is 13.3. The molecule has 5 N–H and O–H groups in total. The third-order valence-corrected chi connectivity index (χ3v) is 7.74. The van der Waals surface area contributed by atoms with Crippen LogP contribution >= 0.6 is 23.1 Å². The van der Waals surface area contributed by atoms with Crippen LogP contribution in [0.2, 0.25) is 0 Å². The Kier molecular flexibility index (Phi) is 6.34. The molecular formula is C20H26N6OS2. The number of hydrogen-bond acceptors (Lipinski definition) is 8. The molecule has 1 aliphatic carbocycles. The number of aromatic nitrogens is 2. The van der Waals surface area contributed by atoms with Crippen molar-refractivity contribution in [1.82, 2.24) is 9.97 Å². The van der Waals surface area contributed by atoms with E-state index in [4.69, 9.17) is 11.5 Å². The van der Waals surface area contributed by atoms with Crippen molar-refractivity contribution >= 4 is 45.6 Å². The highest BCUT2D eigenvalue weighted by molar-refractivity contribution is 7.99. The second-order valence-corrected chi connectivity index (χ2v) is 9.99. The number of nitrogens with one attached hydrogen (secondary N) is 1. The molecule has 0 aliphatic heterocycles. The van der Waals surface area contributed by atoms with Crippen LogP contribution in [0.15, 0.2) is 11.2 Å². The van der Waals surface area contributed by atoms with Crippen molar-refractivity contribution in [3.63, 3.8) is 0 Å². The standard InChI is InChI=1S/C20H26N6OS2/c1-4-20(2,3)11-5-6-12-13(9-21)18(29-14(12)7-11)26-17(27)10-28-19-24-15(22)8-16(23)25-19/h8,11H,4-7,10H2,1-3H3,(H,26,27)(H4,22,23,24,25). The molecule has 3 rings (SSSR count). The first-order valence-electron chi connectivity index (χ1n) is 9.60. The number of nitrogens with two attached hydrogens (primary N) is 2. The predicted molar refractivity (Wildman–Crippen MR) is 119 cm³/mol. The topological polar surface area (TPSA) is 131 Å². The number of thiophene rings is 1. The molecule has 1 atom stereocenters. The normalized spacial score (nSPS) is 16.1. The number of nitrogens with zero attached hydrogens (tertiary/aromatic N) is 3. The number of anilines is 3. The van der Waals surface area contributed by atoms with Crippen LogP contribution in [0, 0.1) is 22.7 Å². The maximum absolute atomic E-state index is 12.5. The molecule has 0 aromatic carbocycles. The minimum atomic E-state index is -0.208. The van der Waals surface area contributed by atoms with E-state index in [1.165, 1.54) is 22.3 Å². The molecule has 2 heterocycles. The molecule has 0 fully saturated rings. The van der Waals surface area contributed by atoms with E-state index in [0.717, 1.165) is 43.0 Å². The Morgan fingerprint density at radius 3 is 2.72 bits per heavy atom. The zero-order valence-corrected chi connectivity index (χ0v) is 18.5. The lowest BCUT2D eigenvalue weighted by atomic mass is 9.69. The fourth-order valence-electron chi connectivity index (χ4n) is 3.57. The second-order valence-electron chi connectivity index (χ2n) is 7.94. The third kappa shape index (κ3) is 4.82. The number of amides is 1. The summed E-state index contributed by atoms with van der Waals surface area (Å²) in [5, 5.41) is 13.6. The van der Waals surface area contributed by atoms with Crippen LogP contribution in [0.5, 0.6) is 0 Å². The van der Waals surface area contributed by atoms with Crippen LogP contribution in [0.3, 0.4) is 0 Å². The molecule has 29 heavy (non-hydrogen) atoms. The Morgan fingerprint density at radius 1 is 1.41 bits per heavy atom. The van der Waals surface area contributed by atoms with Gasteiger partial charge in [0.05, 0.1) is 11.3 Å². The SMILES string of the molecule is CCC(C)(C)C1CCc2c(sc(NC(=O)CSc3nc(N)cc(N)n3)c2C#N)C1. The summed E-state index contributed by atoms with van der Waals surface area (Å²) in [6.45, 7) is 6.85. The summed E-state index contributed by atoms with van der Waals surface area (Å²) in [7, 11) is 0. The average Bonchev–Trinajstić information content (AvgIpc) is 3.01. The van der Waals surface area contributed by atoms with E-state index in [9.17, 15) is 10.1 Å². The summed E-state index contributed by atoms with van der Waals surface area (Å²) in [6, 6.07) is 3.76. The number of carbonyl (C=O) groups is 1. The lowest BCUT2D eigenvalue weighted by molar-refractivity contribution is -0.113. The lowest BCUT2D eigenvalue weighted by Crippen LogP contribution is -2.28. The molecule has 7 nitrogen and oxygen atoms in total. The Labute approximate surface area is 179 Å². The summed E-state index contributed by atoms with van der Waals surface area (Å²) in [6.07, 6.45) is 4.07. The third-order valence-electron chi connectivity index (χ3n) is 5.72. The van der Waals surface area contributed by atoms with Gasteiger partial charge in [0, 0.05) is 10.9 Å². The van der Waals surface area contributed by atoms with E-state index in [-0.39, 0.29) is 28.7 Å². The van der Waals surface area contributed by atoms with Gasteiger partial charge in [0.15, 0.2) is 5.16 Å². The van der Waals surface area contributed by atoms with Crippen LogP contribution in [-0.4, -0.2) is 21.6 Å². The summed E-state index contributed by atoms with van der Waals surface area (Å²) in [4.78, 5) is 21.8. The number of nitriles is 1. The molecule has 0 bridgehead atoms. The smallest absolute Gasteiger partial charge is 0.235 e. The maximum atomic E-state index is 12.5. The van der Waals surface area contributed by atoms with Gasteiger partial charge in [0.1, 0.15) is 22.7 Å². The van der Waals surface area contributed by atoms with Crippen LogP contribution in [0.4, 0.5) is 16.6 Å². The molecule has 154 valence electrons. The molecule has 1 unspecified atom stereocenters. The van der Waals surface area contributed by atoms with Crippen molar-refractivity contribution < 1.29 is 4.79 Å². The van der Waals surface area contributed by atoms with Gasteiger partial charge in [-0.05, 0) is 36.2 Å². The molecular weight excluding hydrogens is 404 g/mol. The second kappa shape index (κ2) is 8.59. The minimum absolute atomic E-state index is 0.113. The average molecular weight is 431 g/mol. The molecule has 1 aliphatic rings. The van der Waals surface area contributed by atoms with Gasteiger partial charge in [0.2, 0.25) is 5.91 Å². The van der Waals surface area contributed by atoms with Crippen molar-refractivity contribution in [3.05, 3.63) is 22.1 Å². The Hall–Kier alpha value is -2.31. The molecule has 0 spiro atoms. The highest BCUT2D eigenvalue weighted by Crippen LogP contribution is 2.45. The molecule has 0 radical (unpaired) electrons. The molecule has 1 amide bonds. The number of fused-ring (bicyclic) bond motifs is 1. The van der Waals surface area contributed by atoms with Crippen molar-refractivity contribution in [3.8, 4) is 6.07 Å². The van der Waals surface area contributed by atoms with E-state index >= 15 is 0 Å². The molecule has 9 heteroatoms. The van der Waals surface area contributed by atoms with Crippen LogP contribution in [0.25, 0.3) is 0 Å². The molecule has 2 aromatic rings. The molecule has 0 saturated heterocycles. The van der Waals surface area contributed by atoms with Crippen molar-refractivity contribution in [2.75, 3.05) is 22.5 Å². The zero-order valence-electron chi connectivity index (χ0n) is 16.9. The maximum Gasteiger partial charge on any atom is 0.235 e.